The first-order valence-electron chi connectivity index (χ1n) is 6.80. The second-order valence-electron chi connectivity index (χ2n) is 4.59. The van der Waals surface area contributed by atoms with Crippen molar-refractivity contribution in [2.24, 2.45) is 0 Å². The number of rotatable bonds is 5. The van der Waals surface area contributed by atoms with Crippen molar-refractivity contribution in [1.82, 2.24) is 10.9 Å². The third kappa shape index (κ3) is 5.04. The Kier molecular flexibility index (Phi) is 6.28. The number of carbonyl (C=O) groups excluding carboxylic acids is 2. The lowest BCUT2D eigenvalue weighted by Crippen LogP contribution is -2.43. The molecule has 2 rings (SSSR count). The van der Waals surface area contributed by atoms with Crippen LogP contribution in [-0.4, -0.2) is 25.5 Å². The van der Waals surface area contributed by atoms with E-state index >= 15 is 0 Å². The first kappa shape index (κ1) is 17.9. The van der Waals surface area contributed by atoms with Gasteiger partial charge in [-0.25, -0.2) is 0 Å². The van der Waals surface area contributed by atoms with Crippen molar-refractivity contribution in [3.8, 4) is 11.5 Å². The van der Waals surface area contributed by atoms with E-state index in [2.05, 4.69) is 10.9 Å². The Bertz CT molecular complexity index is 735. The minimum absolute atomic E-state index is 0.289. The number of ether oxygens (including phenoxy) is 2. The molecule has 0 atom stereocenters. The lowest BCUT2D eigenvalue weighted by Gasteiger charge is -2.10. The van der Waals surface area contributed by atoms with Gasteiger partial charge in [-0.05, 0) is 42.5 Å². The molecule has 24 heavy (non-hydrogen) atoms. The third-order valence-electron chi connectivity index (χ3n) is 2.92. The number of hydrazine groups is 1. The largest absolute Gasteiger partial charge is 0.497 e. The zero-order chi connectivity index (χ0) is 17.5. The molecule has 2 aromatic carbocycles. The SMILES string of the molecule is COc1ccc(C(=O)NNC(=O)COc2ccc(Cl)cc2Cl)cc1. The summed E-state index contributed by atoms with van der Waals surface area (Å²) in [6.45, 7) is -0.315. The number of amides is 2. The normalized spacial score (nSPS) is 9.96. The lowest BCUT2D eigenvalue weighted by atomic mass is 10.2. The van der Waals surface area contributed by atoms with Crippen LogP contribution in [0, 0.1) is 0 Å². The fourth-order valence-electron chi connectivity index (χ4n) is 1.71. The summed E-state index contributed by atoms with van der Waals surface area (Å²) >= 11 is 11.7. The van der Waals surface area contributed by atoms with Crippen molar-refractivity contribution >= 4 is 35.0 Å². The van der Waals surface area contributed by atoms with Gasteiger partial charge in [0.2, 0.25) is 0 Å². The van der Waals surface area contributed by atoms with E-state index in [1.807, 2.05) is 0 Å². The van der Waals surface area contributed by atoms with Crippen LogP contribution < -0.4 is 20.3 Å². The van der Waals surface area contributed by atoms with Gasteiger partial charge in [-0.1, -0.05) is 23.2 Å². The number of hydrogen-bond acceptors (Lipinski definition) is 4. The smallest absolute Gasteiger partial charge is 0.276 e. The van der Waals surface area contributed by atoms with Gasteiger partial charge in [0.1, 0.15) is 11.5 Å². The van der Waals surface area contributed by atoms with Crippen LogP contribution in [0.4, 0.5) is 0 Å². The van der Waals surface area contributed by atoms with Crippen LogP contribution in [-0.2, 0) is 4.79 Å². The second-order valence-corrected chi connectivity index (χ2v) is 5.44. The van der Waals surface area contributed by atoms with Crippen molar-refractivity contribution in [1.29, 1.82) is 0 Å². The Morgan fingerprint density at radius 2 is 1.75 bits per heavy atom. The Hall–Kier alpha value is -2.44. The minimum atomic E-state index is -0.539. The molecule has 0 unspecified atom stereocenters. The number of methoxy groups -OCH3 is 1. The highest BCUT2D eigenvalue weighted by molar-refractivity contribution is 6.35. The summed E-state index contributed by atoms with van der Waals surface area (Å²) in [5.74, 6) is -0.0556. The van der Waals surface area contributed by atoms with Crippen LogP contribution >= 0.6 is 23.2 Å². The Morgan fingerprint density at radius 3 is 2.38 bits per heavy atom. The van der Waals surface area contributed by atoms with Crippen molar-refractivity contribution < 1.29 is 19.1 Å². The van der Waals surface area contributed by atoms with Crippen molar-refractivity contribution in [3.05, 3.63) is 58.1 Å². The van der Waals surface area contributed by atoms with Gasteiger partial charge in [-0.3, -0.25) is 20.4 Å². The number of hydrogen-bond donors (Lipinski definition) is 2. The number of nitrogens with one attached hydrogen (secondary N) is 2. The van der Waals surface area contributed by atoms with Gasteiger partial charge in [0, 0.05) is 10.6 Å². The third-order valence-corrected chi connectivity index (χ3v) is 3.45. The average Bonchev–Trinajstić information content (AvgIpc) is 2.59. The van der Waals surface area contributed by atoms with E-state index in [0.29, 0.717) is 22.1 Å². The minimum Gasteiger partial charge on any atom is -0.497 e. The number of halogens is 2. The molecule has 0 aromatic heterocycles. The molecule has 6 nitrogen and oxygen atoms in total. The molecule has 2 aromatic rings. The summed E-state index contributed by atoms with van der Waals surface area (Å²) in [4.78, 5) is 23.6. The molecule has 0 heterocycles. The van der Waals surface area contributed by atoms with Crippen molar-refractivity contribution in [3.63, 3.8) is 0 Å². The van der Waals surface area contributed by atoms with Crippen molar-refractivity contribution in [2.75, 3.05) is 13.7 Å². The Balaban J connectivity index is 1.80. The molecule has 0 aliphatic carbocycles. The van der Waals surface area contributed by atoms with Crippen LogP contribution in [0.5, 0.6) is 11.5 Å². The van der Waals surface area contributed by atoms with Gasteiger partial charge >= 0.3 is 0 Å². The predicted octanol–water partition coefficient (Wildman–Crippen LogP) is 2.84. The first-order valence-corrected chi connectivity index (χ1v) is 7.56. The first-order chi connectivity index (χ1) is 11.5. The van der Waals surface area contributed by atoms with Gasteiger partial charge < -0.3 is 9.47 Å². The van der Waals surface area contributed by atoms with E-state index in [9.17, 15) is 9.59 Å². The molecule has 0 aliphatic rings. The molecule has 0 radical (unpaired) electrons. The molecule has 2 amide bonds. The molecule has 0 bridgehead atoms. The molecule has 0 aliphatic heterocycles. The van der Waals surface area contributed by atoms with E-state index in [1.54, 1.807) is 36.4 Å². The lowest BCUT2D eigenvalue weighted by molar-refractivity contribution is -0.123. The summed E-state index contributed by atoms with van der Waals surface area (Å²) < 4.78 is 10.3. The second kappa shape index (κ2) is 8.42. The van der Waals surface area contributed by atoms with Crippen LogP contribution in [0.1, 0.15) is 10.4 Å². The predicted molar refractivity (Wildman–Crippen MR) is 90.6 cm³/mol. The molecule has 0 fully saturated rings. The van der Waals surface area contributed by atoms with Crippen LogP contribution in [0.3, 0.4) is 0 Å². The Morgan fingerprint density at radius 1 is 1.04 bits per heavy atom. The fraction of sp³-hybridized carbons (Fsp3) is 0.125. The van der Waals surface area contributed by atoms with Gasteiger partial charge in [0.15, 0.2) is 6.61 Å². The van der Waals surface area contributed by atoms with Crippen LogP contribution in [0.2, 0.25) is 10.0 Å². The van der Waals surface area contributed by atoms with E-state index < -0.39 is 11.8 Å². The molecule has 8 heteroatoms. The van der Waals surface area contributed by atoms with Gasteiger partial charge in [0.05, 0.1) is 12.1 Å². The average molecular weight is 369 g/mol. The monoisotopic (exact) mass is 368 g/mol. The summed E-state index contributed by atoms with van der Waals surface area (Å²) in [5, 5.41) is 0.751. The van der Waals surface area contributed by atoms with Gasteiger partial charge in [0.25, 0.3) is 11.8 Å². The van der Waals surface area contributed by atoms with E-state index in [1.165, 1.54) is 13.2 Å². The zero-order valence-electron chi connectivity index (χ0n) is 12.6. The maximum atomic E-state index is 11.9. The highest BCUT2D eigenvalue weighted by atomic mass is 35.5. The summed E-state index contributed by atoms with van der Waals surface area (Å²) in [7, 11) is 1.53. The molecular formula is C16H14Cl2N2O4. The van der Waals surface area contributed by atoms with E-state index in [4.69, 9.17) is 32.7 Å². The van der Waals surface area contributed by atoms with Gasteiger partial charge in [-0.2, -0.15) is 0 Å². The van der Waals surface area contributed by atoms with E-state index in [0.717, 1.165) is 0 Å². The highest BCUT2D eigenvalue weighted by Crippen LogP contribution is 2.27. The quantitative estimate of drug-likeness (QED) is 0.795. The number of benzene rings is 2. The molecular weight excluding hydrogens is 355 g/mol. The highest BCUT2D eigenvalue weighted by Gasteiger charge is 2.09. The maximum Gasteiger partial charge on any atom is 0.276 e. The summed E-state index contributed by atoms with van der Waals surface area (Å²) in [5.41, 5.74) is 4.90. The molecule has 126 valence electrons. The van der Waals surface area contributed by atoms with Gasteiger partial charge in [-0.15, -0.1) is 0 Å². The molecule has 0 saturated carbocycles. The summed E-state index contributed by atoms with van der Waals surface area (Å²) in [6.07, 6.45) is 0. The number of carbonyl (C=O) groups is 2. The standard InChI is InChI=1S/C16H14Cl2N2O4/c1-23-12-5-2-10(3-6-12)16(22)20-19-15(21)9-24-14-7-4-11(17)8-13(14)18/h2-8H,9H2,1H3,(H,19,21)(H,20,22). The van der Waals surface area contributed by atoms with Crippen LogP contribution in [0.25, 0.3) is 0 Å². The fourth-order valence-corrected chi connectivity index (χ4v) is 2.18. The van der Waals surface area contributed by atoms with Crippen molar-refractivity contribution in [2.45, 2.75) is 0 Å². The Labute approximate surface area is 148 Å². The van der Waals surface area contributed by atoms with Crippen LogP contribution in [0.15, 0.2) is 42.5 Å². The molecule has 0 saturated heterocycles. The molecule has 0 spiro atoms. The maximum absolute atomic E-state index is 11.9. The zero-order valence-corrected chi connectivity index (χ0v) is 14.1. The summed E-state index contributed by atoms with van der Waals surface area (Å²) in [6, 6.07) is 11.1. The van der Waals surface area contributed by atoms with E-state index in [-0.39, 0.29) is 11.6 Å². The molecule has 2 N–H and O–H groups in total. The topological polar surface area (TPSA) is 76.7 Å².